The molecular formula is C30H26Cl3F3N4O7. The van der Waals surface area contributed by atoms with Crippen molar-refractivity contribution in [3.63, 3.8) is 0 Å². The number of likely N-dealkylation sites (tertiary alicyclic amines) is 1. The molecule has 0 spiro atoms. The maximum Gasteiger partial charge on any atom is 0.433 e. The number of aromatic hydroxyl groups is 1. The standard InChI is InChI=1S/C30H26Cl3F3N4O7/c1-38-26(44)28(32)11-15-13(21(29(28,33)27(38)45)12-9-17(46-3)22(41)18(10-12)47-4)5-6-14-20(15)25(43)40(24(14)42)39(2)23-16(31)7-8-19(37-23)30(34,35)36/h5,7-10,14-15,20-21,41H,6,11H2,1-4H3/t14-,15+,20-,21-,28+,29-/m0/s1. The fraction of sp³-hybridized carbons (Fsp3) is 0.433. The van der Waals surface area contributed by atoms with E-state index >= 15 is 0 Å². The molecule has 1 aromatic heterocycles. The Bertz CT molecular complexity index is 1770. The van der Waals surface area contributed by atoms with Crippen molar-refractivity contribution in [2.24, 2.45) is 17.8 Å². The highest BCUT2D eigenvalue weighted by molar-refractivity contribution is 6.53. The zero-order valence-corrected chi connectivity index (χ0v) is 27.3. The summed E-state index contributed by atoms with van der Waals surface area (Å²) in [6.45, 7) is 0. The number of hydrogen-bond acceptors (Lipinski definition) is 9. The van der Waals surface area contributed by atoms with Gasteiger partial charge in [0, 0.05) is 20.0 Å². The summed E-state index contributed by atoms with van der Waals surface area (Å²) in [4.78, 5) is 55.7. The minimum absolute atomic E-state index is 0.0156. The zero-order chi connectivity index (χ0) is 34.5. The Hall–Kier alpha value is -3.75. The Balaban J connectivity index is 1.49. The molecule has 2 saturated heterocycles. The quantitative estimate of drug-likeness (QED) is 0.270. The van der Waals surface area contributed by atoms with Crippen LogP contribution in [0.2, 0.25) is 5.02 Å². The molecule has 0 unspecified atom stereocenters. The summed E-state index contributed by atoms with van der Waals surface area (Å²) < 4.78 is 51.1. The van der Waals surface area contributed by atoms with E-state index in [1.54, 1.807) is 6.08 Å². The number of imide groups is 2. The van der Waals surface area contributed by atoms with Gasteiger partial charge in [-0.2, -0.15) is 18.2 Å². The molecule has 1 aromatic carbocycles. The van der Waals surface area contributed by atoms with Crippen molar-refractivity contribution in [1.82, 2.24) is 14.9 Å². The second-order valence-electron chi connectivity index (χ2n) is 11.8. The highest BCUT2D eigenvalue weighted by atomic mass is 35.5. The van der Waals surface area contributed by atoms with Crippen LogP contribution in [0.3, 0.4) is 0 Å². The highest BCUT2D eigenvalue weighted by Crippen LogP contribution is 2.66. The smallest absolute Gasteiger partial charge is 0.433 e. The average Bonchev–Trinajstić information content (AvgIpc) is 3.35. The Morgan fingerprint density at radius 2 is 1.64 bits per heavy atom. The van der Waals surface area contributed by atoms with Gasteiger partial charge in [0.15, 0.2) is 27.1 Å². The molecule has 4 aliphatic rings. The molecule has 2 aliphatic carbocycles. The lowest BCUT2D eigenvalue weighted by atomic mass is 9.56. The van der Waals surface area contributed by atoms with E-state index in [9.17, 15) is 37.5 Å². The highest BCUT2D eigenvalue weighted by Gasteiger charge is 2.76. The number of methoxy groups -OCH3 is 2. The van der Waals surface area contributed by atoms with Crippen LogP contribution in [0.5, 0.6) is 17.2 Å². The largest absolute Gasteiger partial charge is 0.502 e. The number of halogens is 6. The number of allylic oxidation sites excluding steroid dienone is 2. The number of aromatic nitrogens is 1. The van der Waals surface area contributed by atoms with Crippen molar-refractivity contribution in [3.8, 4) is 17.2 Å². The van der Waals surface area contributed by atoms with Gasteiger partial charge in [-0.25, -0.2) is 4.98 Å². The minimum atomic E-state index is -4.83. The van der Waals surface area contributed by atoms with Gasteiger partial charge in [-0.3, -0.25) is 29.1 Å². The molecule has 3 fully saturated rings. The number of hydrogen-bond donors (Lipinski definition) is 1. The Kier molecular flexibility index (Phi) is 7.68. The van der Waals surface area contributed by atoms with E-state index in [2.05, 4.69) is 4.98 Å². The molecular weight excluding hydrogens is 692 g/mol. The number of ether oxygens (including phenoxy) is 2. The first-order chi connectivity index (χ1) is 21.9. The van der Waals surface area contributed by atoms with Gasteiger partial charge in [-0.05, 0) is 48.6 Å². The molecule has 1 N–H and O–H groups in total. The molecule has 0 radical (unpaired) electrons. The third-order valence-corrected chi connectivity index (χ3v) is 11.3. The van der Waals surface area contributed by atoms with E-state index in [4.69, 9.17) is 44.3 Å². The van der Waals surface area contributed by atoms with E-state index in [0.717, 1.165) is 16.0 Å². The van der Waals surface area contributed by atoms with Crippen LogP contribution in [0.4, 0.5) is 19.0 Å². The molecule has 47 heavy (non-hydrogen) atoms. The van der Waals surface area contributed by atoms with Crippen LogP contribution in [0.1, 0.15) is 30.0 Å². The van der Waals surface area contributed by atoms with Crippen LogP contribution >= 0.6 is 34.8 Å². The number of benzene rings is 1. The topological polar surface area (TPSA) is 130 Å². The van der Waals surface area contributed by atoms with Crippen molar-refractivity contribution in [3.05, 3.63) is 52.2 Å². The number of pyridine rings is 1. The first-order valence-corrected chi connectivity index (χ1v) is 15.3. The number of amides is 4. The number of rotatable bonds is 5. The van der Waals surface area contributed by atoms with Crippen LogP contribution in [-0.2, 0) is 25.4 Å². The van der Waals surface area contributed by atoms with E-state index in [1.807, 2.05) is 0 Å². The molecule has 3 heterocycles. The van der Waals surface area contributed by atoms with E-state index in [1.165, 1.54) is 40.4 Å². The van der Waals surface area contributed by atoms with Crippen LogP contribution in [0.25, 0.3) is 0 Å². The number of alkyl halides is 5. The normalized spacial score (nSPS) is 30.2. The number of carbonyl (C=O) groups is 4. The Morgan fingerprint density at radius 3 is 2.21 bits per heavy atom. The van der Waals surface area contributed by atoms with E-state index in [-0.39, 0.29) is 40.7 Å². The average molecular weight is 718 g/mol. The molecule has 17 heteroatoms. The molecule has 1 saturated carbocycles. The fourth-order valence-corrected chi connectivity index (χ4v) is 8.64. The second-order valence-corrected chi connectivity index (χ2v) is 13.4. The zero-order valence-electron chi connectivity index (χ0n) is 25.1. The summed E-state index contributed by atoms with van der Waals surface area (Å²) in [6.07, 6.45) is -3.49. The summed E-state index contributed by atoms with van der Waals surface area (Å²) in [5.74, 6) is -8.28. The fourth-order valence-electron chi connectivity index (χ4n) is 7.39. The van der Waals surface area contributed by atoms with E-state index < -0.39 is 74.7 Å². The minimum Gasteiger partial charge on any atom is -0.502 e. The Morgan fingerprint density at radius 1 is 1.02 bits per heavy atom. The molecule has 2 aliphatic heterocycles. The van der Waals surface area contributed by atoms with Crippen molar-refractivity contribution in [2.45, 2.75) is 34.7 Å². The maximum absolute atomic E-state index is 14.2. The van der Waals surface area contributed by atoms with Crippen molar-refractivity contribution >= 4 is 64.2 Å². The molecule has 6 rings (SSSR count). The molecule has 11 nitrogen and oxygen atoms in total. The summed E-state index contributed by atoms with van der Waals surface area (Å²) in [6, 6.07) is 4.47. The van der Waals surface area contributed by atoms with E-state index in [0.29, 0.717) is 16.6 Å². The monoisotopic (exact) mass is 716 g/mol. The number of phenols is 1. The predicted octanol–water partition coefficient (Wildman–Crippen LogP) is 4.52. The third kappa shape index (κ3) is 4.43. The predicted molar refractivity (Wildman–Crippen MR) is 161 cm³/mol. The van der Waals surface area contributed by atoms with Crippen molar-refractivity contribution < 1.29 is 46.9 Å². The Labute approximate surface area is 280 Å². The first kappa shape index (κ1) is 33.2. The van der Waals surface area contributed by atoms with Gasteiger partial charge in [0.2, 0.25) is 5.75 Å². The lowest BCUT2D eigenvalue weighted by molar-refractivity contribution is -0.141. The number of phenolic OH excluding ortho intramolecular Hbond substituents is 1. The molecule has 250 valence electrons. The second kappa shape index (κ2) is 10.9. The van der Waals surface area contributed by atoms with Gasteiger partial charge >= 0.3 is 6.18 Å². The third-order valence-electron chi connectivity index (χ3n) is 9.55. The van der Waals surface area contributed by atoms with Crippen LogP contribution in [-0.4, -0.2) is 81.7 Å². The molecule has 6 atom stereocenters. The van der Waals surface area contributed by atoms with Crippen molar-refractivity contribution in [1.29, 1.82) is 0 Å². The SMILES string of the molecule is COc1cc([C@H]2C3=CC[C@@H]4C(=O)N(N(C)c5nc(C(F)(F)F)ccc5Cl)C(=O)[C@@H]4[C@@H]3C[C@@]3(Cl)C(=O)N(C)C(=O)[C@@]23Cl)cc(OC)c1O. The molecule has 0 bridgehead atoms. The summed E-state index contributed by atoms with van der Waals surface area (Å²) >= 11 is 20.5. The van der Waals surface area contributed by atoms with Gasteiger partial charge in [0.1, 0.15) is 5.69 Å². The number of fused-ring (bicyclic) bond motifs is 4. The van der Waals surface area contributed by atoms with Gasteiger partial charge in [-0.1, -0.05) is 23.3 Å². The molecule has 4 amide bonds. The molecule has 2 aromatic rings. The van der Waals surface area contributed by atoms with Crippen LogP contribution < -0.4 is 14.5 Å². The van der Waals surface area contributed by atoms with Gasteiger partial charge in [0.25, 0.3) is 23.6 Å². The summed E-state index contributed by atoms with van der Waals surface area (Å²) in [5, 5.41) is 11.9. The summed E-state index contributed by atoms with van der Waals surface area (Å²) in [7, 11) is 5.02. The number of hydrazine groups is 1. The summed E-state index contributed by atoms with van der Waals surface area (Å²) in [5.41, 5.74) is -0.576. The number of anilines is 1. The van der Waals surface area contributed by atoms with Gasteiger partial charge in [-0.15, -0.1) is 23.2 Å². The lowest BCUT2D eigenvalue weighted by Gasteiger charge is -2.50. The first-order valence-electron chi connectivity index (χ1n) is 14.1. The van der Waals surface area contributed by atoms with Crippen LogP contribution in [0, 0.1) is 17.8 Å². The maximum atomic E-state index is 14.2. The van der Waals surface area contributed by atoms with Gasteiger partial charge < -0.3 is 14.6 Å². The number of carbonyl (C=O) groups excluding carboxylic acids is 4. The van der Waals surface area contributed by atoms with Crippen molar-refractivity contribution in [2.75, 3.05) is 33.3 Å². The number of nitrogens with zero attached hydrogens (tertiary/aromatic N) is 4. The lowest BCUT2D eigenvalue weighted by Crippen LogP contribution is -2.60. The van der Waals surface area contributed by atoms with Gasteiger partial charge in [0.05, 0.1) is 31.1 Å². The van der Waals surface area contributed by atoms with Crippen LogP contribution in [0.15, 0.2) is 35.9 Å².